The van der Waals surface area contributed by atoms with Gasteiger partial charge in [-0.3, -0.25) is 4.79 Å². The van der Waals surface area contributed by atoms with E-state index in [-0.39, 0.29) is 5.56 Å². The van der Waals surface area contributed by atoms with Crippen LogP contribution in [0.15, 0.2) is 22.7 Å². The Labute approximate surface area is 100 Å². The molecule has 0 aliphatic carbocycles. The van der Waals surface area contributed by atoms with Crippen LogP contribution in [0.4, 0.5) is 4.39 Å². The molecule has 0 unspecified atom stereocenters. The predicted molar refractivity (Wildman–Crippen MR) is 59.5 cm³/mol. The van der Waals surface area contributed by atoms with Gasteiger partial charge in [0, 0.05) is 4.47 Å². The molecule has 0 aliphatic heterocycles. The van der Waals surface area contributed by atoms with Crippen LogP contribution in [0.3, 0.4) is 0 Å². The van der Waals surface area contributed by atoms with Gasteiger partial charge in [-0.25, -0.2) is 4.39 Å². The lowest BCUT2D eigenvalue weighted by molar-refractivity contribution is 0.0875. The lowest BCUT2D eigenvalue weighted by Crippen LogP contribution is -2.40. The number of hydrogen-bond donors (Lipinski definition) is 3. The summed E-state index contributed by atoms with van der Waals surface area (Å²) in [6, 6.07) is 3.18. The standard InChI is InChI=1S/C10H11BrFNO3/c11-6-1-2-9(12)8(3-6)10(16)13-7(4-14)5-15/h1-3,7,14-15H,4-5H2,(H,13,16). The molecule has 1 amide bonds. The Balaban J connectivity index is 2.83. The number of carbonyl (C=O) groups is 1. The van der Waals surface area contributed by atoms with Gasteiger partial charge in [0.25, 0.3) is 5.91 Å². The van der Waals surface area contributed by atoms with E-state index >= 15 is 0 Å². The SMILES string of the molecule is O=C(NC(CO)CO)c1cc(Br)ccc1F. The maximum absolute atomic E-state index is 13.3. The summed E-state index contributed by atoms with van der Waals surface area (Å²) in [7, 11) is 0. The van der Waals surface area contributed by atoms with Crippen LogP contribution in [0.1, 0.15) is 10.4 Å². The highest BCUT2D eigenvalue weighted by molar-refractivity contribution is 9.10. The van der Waals surface area contributed by atoms with Crippen LogP contribution in [0, 0.1) is 5.82 Å². The molecule has 1 aromatic carbocycles. The van der Waals surface area contributed by atoms with Crippen molar-refractivity contribution in [2.45, 2.75) is 6.04 Å². The van der Waals surface area contributed by atoms with Crippen LogP contribution in [-0.2, 0) is 0 Å². The number of benzene rings is 1. The molecule has 3 N–H and O–H groups in total. The molecular formula is C10H11BrFNO3. The molecule has 88 valence electrons. The number of aliphatic hydroxyl groups is 2. The second-order valence-corrected chi connectivity index (χ2v) is 4.08. The van der Waals surface area contributed by atoms with Gasteiger partial charge in [-0.2, -0.15) is 0 Å². The van der Waals surface area contributed by atoms with Crippen molar-refractivity contribution in [3.05, 3.63) is 34.1 Å². The van der Waals surface area contributed by atoms with E-state index in [9.17, 15) is 9.18 Å². The average molecular weight is 292 g/mol. The summed E-state index contributed by atoms with van der Waals surface area (Å²) in [6.45, 7) is -0.810. The van der Waals surface area contributed by atoms with Crippen LogP contribution >= 0.6 is 15.9 Å². The number of nitrogens with one attached hydrogen (secondary N) is 1. The summed E-state index contributed by atoms with van der Waals surface area (Å²) in [5, 5.41) is 19.8. The van der Waals surface area contributed by atoms with E-state index in [1.807, 2.05) is 0 Å². The molecule has 6 heteroatoms. The van der Waals surface area contributed by atoms with E-state index < -0.39 is 31.0 Å². The van der Waals surface area contributed by atoms with Gasteiger partial charge in [-0.05, 0) is 18.2 Å². The monoisotopic (exact) mass is 291 g/mol. The molecule has 0 radical (unpaired) electrons. The highest BCUT2D eigenvalue weighted by atomic mass is 79.9. The van der Waals surface area contributed by atoms with Crippen molar-refractivity contribution in [3.63, 3.8) is 0 Å². The van der Waals surface area contributed by atoms with Crippen molar-refractivity contribution in [2.24, 2.45) is 0 Å². The van der Waals surface area contributed by atoms with E-state index in [0.717, 1.165) is 6.07 Å². The topological polar surface area (TPSA) is 69.6 Å². The largest absolute Gasteiger partial charge is 0.394 e. The third-order valence-corrected chi connectivity index (χ3v) is 2.44. The van der Waals surface area contributed by atoms with Gasteiger partial charge in [-0.1, -0.05) is 15.9 Å². The van der Waals surface area contributed by atoms with Crippen LogP contribution in [0.2, 0.25) is 0 Å². The van der Waals surface area contributed by atoms with Gasteiger partial charge in [0.15, 0.2) is 0 Å². The first-order valence-corrected chi connectivity index (χ1v) is 5.35. The first kappa shape index (κ1) is 13.1. The fourth-order valence-corrected chi connectivity index (χ4v) is 1.44. The van der Waals surface area contributed by atoms with Gasteiger partial charge in [0.05, 0.1) is 24.8 Å². The Kier molecular flexibility index (Phi) is 4.85. The van der Waals surface area contributed by atoms with Crippen molar-refractivity contribution in [1.29, 1.82) is 0 Å². The predicted octanol–water partition coefficient (Wildman–Crippen LogP) is 0.671. The Hall–Kier alpha value is -0.980. The number of rotatable bonds is 4. The van der Waals surface area contributed by atoms with E-state index in [4.69, 9.17) is 10.2 Å². The van der Waals surface area contributed by atoms with Crippen molar-refractivity contribution < 1.29 is 19.4 Å². The summed E-state index contributed by atoms with van der Waals surface area (Å²) in [5.41, 5.74) is -0.138. The minimum Gasteiger partial charge on any atom is -0.394 e. The molecule has 0 bridgehead atoms. The maximum Gasteiger partial charge on any atom is 0.254 e. The molecule has 1 rings (SSSR count). The summed E-state index contributed by atoms with van der Waals surface area (Å²) >= 11 is 3.12. The number of aliphatic hydroxyl groups excluding tert-OH is 2. The third-order valence-electron chi connectivity index (χ3n) is 1.95. The molecule has 0 spiro atoms. The van der Waals surface area contributed by atoms with E-state index in [2.05, 4.69) is 21.2 Å². The van der Waals surface area contributed by atoms with Crippen LogP contribution in [0.25, 0.3) is 0 Å². The lowest BCUT2D eigenvalue weighted by Gasteiger charge is -2.13. The lowest BCUT2D eigenvalue weighted by atomic mass is 10.2. The normalized spacial score (nSPS) is 10.6. The highest BCUT2D eigenvalue weighted by Crippen LogP contribution is 2.15. The number of hydrogen-bond acceptors (Lipinski definition) is 3. The molecule has 0 aromatic heterocycles. The molecule has 1 aromatic rings. The molecule has 0 saturated heterocycles. The van der Waals surface area contributed by atoms with Crippen molar-refractivity contribution >= 4 is 21.8 Å². The average Bonchev–Trinajstić information content (AvgIpc) is 2.28. The minimum absolute atomic E-state index is 0.138. The van der Waals surface area contributed by atoms with Crippen molar-refractivity contribution in [1.82, 2.24) is 5.32 Å². The summed E-state index contributed by atoms with van der Waals surface area (Å²) in [6.07, 6.45) is 0. The Morgan fingerprint density at radius 2 is 2.06 bits per heavy atom. The maximum atomic E-state index is 13.3. The van der Waals surface area contributed by atoms with Crippen LogP contribution in [0.5, 0.6) is 0 Å². The molecule has 4 nitrogen and oxygen atoms in total. The second kappa shape index (κ2) is 5.93. The molecule has 0 atom stereocenters. The Morgan fingerprint density at radius 3 is 2.62 bits per heavy atom. The molecule has 16 heavy (non-hydrogen) atoms. The van der Waals surface area contributed by atoms with Gasteiger partial charge in [0.1, 0.15) is 5.82 Å². The minimum atomic E-state index is -0.786. The number of amides is 1. The van der Waals surface area contributed by atoms with Crippen LogP contribution < -0.4 is 5.32 Å². The van der Waals surface area contributed by atoms with Gasteiger partial charge >= 0.3 is 0 Å². The van der Waals surface area contributed by atoms with Gasteiger partial charge in [-0.15, -0.1) is 0 Å². The smallest absolute Gasteiger partial charge is 0.254 e. The first-order valence-electron chi connectivity index (χ1n) is 4.56. The van der Waals surface area contributed by atoms with Crippen molar-refractivity contribution in [3.8, 4) is 0 Å². The molecular weight excluding hydrogens is 281 g/mol. The van der Waals surface area contributed by atoms with E-state index in [1.54, 1.807) is 0 Å². The summed E-state index contributed by atoms with van der Waals surface area (Å²) < 4.78 is 13.8. The summed E-state index contributed by atoms with van der Waals surface area (Å²) in [4.78, 5) is 11.6. The fraction of sp³-hybridized carbons (Fsp3) is 0.300. The zero-order valence-corrected chi connectivity index (χ0v) is 9.87. The molecule has 0 heterocycles. The van der Waals surface area contributed by atoms with Gasteiger partial charge in [0.2, 0.25) is 0 Å². The highest BCUT2D eigenvalue weighted by Gasteiger charge is 2.15. The third kappa shape index (κ3) is 3.26. The quantitative estimate of drug-likeness (QED) is 0.764. The zero-order chi connectivity index (χ0) is 12.1. The van der Waals surface area contributed by atoms with E-state index in [0.29, 0.717) is 4.47 Å². The molecule has 0 fully saturated rings. The fourth-order valence-electron chi connectivity index (χ4n) is 1.08. The van der Waals surface area contributed by atoms with Crippen LogP contribution in [-0.4, -0.2) is 35.4 Å². The molecule has 0 aliphatic rings. The zero-order valence-electron chi connectivity index (χ0n) is 8.28. The number of halogens is 2. The first-order chi connectivity index (χ1) is 7.58. The Bertz CT molecular complexity index is 382. The number of carbonyl (C=O) groups excluding carboxylic acids is 1. The van der Waals surface area contributed by atoms with Crippen molar-refractivity contribution in [2.75, 3.05) is 13.2 Å². The molecule has 0 saturated carbocycles. The van der Waals surface area contributed by atoms with E-state index in [1.165, 1.54) is 12.1 Å². The van der Waals surface area contributed by atoms with Gasteiger partial charge < -0.3 is 15.5 Å². The second-order valence-electron chi connectivity index (χ2n) is 3.16. The Morgan fingerprint density at radius 1 is 1.44 bits per heavy atom. The summed E-state index contributed by atoms with van der Waals surface area (Å²) in [5.74, 6) is -1.33.